The van der Waals surface area contributed by atoms with E-state index in [2.05, 4.69) is 56.6 Å². The lowest BCUT2D eigenvalue weighted by atomic mass is 9.97. The fourth-order valence-corrected chi connectivity index (χ4v) is 4.08. The minimum absolute atomic E-state index is 0.272. The number of hydrogen-bond acceptors (Lipinski definition) is 2. The highest BCUT2D eigenvalue weighted by atomic mass is 16.5. The molecule has 0 N–H and O–H groups in total. The smallest absolute Gasteiger partial charge is 0.338 e. The van der Waals surface area contributed by atoms with Gasteiger partial charge in [-0.2, -0.15) is 0 Å². The van der Waals surface area contributed by atoms with E-state index < -0.39 is 0 Å². The summed E-state index contributed by atoms with van der Waals surface area (Å²) in [4.78, 5) is 12.1. The van der Waals surface area contributed by atoms with E-state index in [0.29, 0.717) is 12.2 Å². The molecule has 0 saturated carbocycles. The molecule has 0 saturated heterocycles. The molecule has 0 aliphatic carbocycles. The maximum Gasteiger partial charge on any atom is 0.338 e. The number of carbonyl (C=O) groups is 1. The van der Waals surface area contributed by atoms with Gasteiger partial charge in [0.2, 0.25) is 0 Å². The molecule has 0 unspecified atom stereocenters. The quantitative estimate of drug-likeness (QED) is 0.139. The fourth-order valence-electron chi connectivity index (χ4n) is 4.08. The van der Waals surface area contributed by atoms with Crippen molar-refractivity contribution < 1.29 is 9.53 Å². The molecule has 0 aliphatic rings. The number of ether oxygens (including phenoxy) is 1. The van der Waals surface area contributed by atoms with Gasteiger partial charge in [0.25, 0.3) is 0 Å². The largest absolute Gasteiger partial charge is 0.462 e. The first-order chi connectivity index (χ1) is 18.1. The van der Waals surface area contributed by atoms with Crippen LogP contribution in [0, 0.1) is 11.8 Å². The minimum Gasteiger partial charge on any atom is -0.462 e. The average Bonchev–Trinajstić information content (AvgIpc) is 2.93. The van der Waals surface area contributed by atoms with Crippen LogP contribution in [-0.2, 0) is 4.74 Å². The topological polar surface area (TPSA) is 26.3 Å². The predicted octanol–water partition coefficient (Wildman–Crippen LogP) is 9.83. The van der Waals surface area contributed by atoms with E-state index in [1.165, 1.54) is 49.7 Å². The van der Waals surface area contributed by atoms with Gasteiger partial charge < -0.3 is 4.74 Å². The number of esters is 1. The molecule has 0 aliphatic heterocycles. The Labute approximate surface area is 225 Å². The summed E-state index contributed by atoms with van der Waals surface area (Å²) in [6.07, 6.45) is 16.0. The van der Waals surface area contributed by atoms with Gasteiger partial charge in [0.15, 0.2) is 0 Å². The van der Waals surface area contributed by atoms with Crippen LogP contribution in [0.1, 0.15) is 106 Å². The van der Waals surface area contributed by atoms with E-state index in [4.69, 9.17) is 4.74 Å². The summed E-state index contributed by atoms with van der Waals surface area (Å²) in [7, 11) is 0. The summed E-state index contributed by atoms with van der Waals surface area (Å²) in [5, 5.41) is 0. The van der Waals surface area contributed by atoms with Crippen molar-refractivity contribution in [3.63, 3.8) is 0 Å². The van der Waals surface area contributed by atoms with Crippen LogP contribution in [0.3, 0.4) is 0 Å². The standard InChI is InChI=1S/C35H44O2/c1-5-8-10-13-17-30(22-21-29(4)31-18-15-12-16-19-31)23-24-32(20-14-11-9-6-2)33-25-27-34(28-26-33)35(36)37-7-3/h12,15-16,18-20,23,25-28H,4-11,13-14,17,24H2,1-3H3/b30-23-,32-20+. The molecule has 0 aromatic heterocycles. The molecule has 2 rings (SSSR count). The summed E-state index contributed by atoms with van der Waals surface area (Å²) in [6, 6.07) is 18.0. The van der Waals surface area contributed by atoms with E-state index in [1.54, 1.807) is 0 Å². The molecule has 196 valence electrons. The molecule has 2 aromatic rings. The molecule has 0 bridgehead atoms. The third-order valence-electron chi connectivity index (χ3n) is 6.33. The highest BCUT2D eigenvalue weighted by Gasteiger charge is 2.08. The van der Waals surface area contributed by atoms with Crippen LogP contribution in [0.15, 0.2) is 78.9 Å². The first kappa shape index (κ1) is 29.9. The lowest BCUT2D eigenvalue weighted by molar-refractivity contribution is 0.0526. The summed E-state index contributed by atoms with van der Waals surface area (Å²) in [6.45, 7) is 10.9. The first-order valence-electron chi connectivity index (χ1n) is 14.0. The molecule has 37 heavy (non-hydrogen) atoms. The van der Waals surface area contributed by atoms with Gasteiger partial charge in [-0.25, -0.2) is 4.79 Å². The third kappa shape index (κ3) is 11.5. The van der Waals surface area contributed by atoms with Crippen molar-refractivity contribution in [3.05, 3.63) is 95.6 Å². The van der Waals surface area contributed by atoms with Crippen molar-refractivity contribution in [3.8, 4) is 11.8 Å². The Morgan fingerprint density at radius 1 is 0.784 bits per heavy atom. The lowest BCUT2D eigenvalue weighted by Gasteiger charge is -2.09. The molecule has 0 amide bonds. The normalized spacial score (nSPS) is 11.5. The molecule has 0 atom stereocenters. The Kier molecular flexibility index (Phi) is 14.6. The lowest BCUT2D eigenvalue weighted by Crippen LogP contribution is -2.04. The van der Waals surface area contributed by atoms with Gasteiger partial charge in [-0.05, 0) is 73.4 Å². The predicted molar refractivity (Wildman–Crippen MR) is 159 cm³/mol. The van der Waals surface area contributed by atoms with Gasteiger partial charge in [0, 0.05) is 5.57 Å². The highest BCUT2D eigenvalue weighted by Crippen LogP contribution is 2.23. The van der Waals surface area contributed by atoms with Crippen LogP contribution in [0.4, 0.5) is 0 Å². The Morgan fingerprint density at radius 3 is 2.14 bits per heavy atom. The van der Waals surface area contributed by atoms with Crippen LogP contribution in [-0.4, -0.2) is 12.6 Å². The Hall–Kier alpha value is -3.31. The summed E-state index contributed by atoms with van der Waals surface area (Å²) in [5.41, 5.74) is 6.11. The van der Waals surface area contributed by atoms with Gasteiger partial charge >= 0.3 is 5.97 Å². The minimum atomic E-state index is -0.272. The zero-order chi connectivity index (χ0) is 26.7. The monoisotopic (exact) mass is 496 g/mol. The van der Waals surface area contributed by atoms with Gasteiger partial charge in [0.1, 0.15) is 0 Å². The van der Waals surface area contributed by atoms with E-state index in [9.17, 15) is 4.79 Å². The maximum atomic E-state index is 12.1. The second-order valence-electron chi connectivity index (χ2n) is 9.36. The number of rotatable bonds is 15. The van der Waals surface area contributed by atoms with E-state index in [-0.39, 0.29) is 5.97 Å². The Bertz CT molecular complexity index is 1080. The van der Waals surface area contributed by atoms with Crippen LogP contribution < -0.4 is 0 Å². The number of unbranched alkanes of at least 4 members (excludes halogenated alkanes) is 6. The van der Waals surface area contributed by atoms with Crippen LogP contribution >= 0.6 is 0 Å². The van der Waals surface area contributed by atoms with E-state index in [0.717, 1.165) is 42.4 Å². The second-order valence-corrected chi connectivity index (χ2v) is 9.36. The highest BCUT2D eigenvalue weighted by molar-refractivity contribution is 5.89. The van der Waals surface area contributed by atoms with Gasteiger partial charge in [-0.3, -0.25) is 0 Å². The molecule has 2 aromatic carbocycles. The molecule has 0 fully saturated rings. The average molecular weight is 497 g/mol. The number of hydrogen-bond donors (Lipinski definition) is 0. The van der Waals surface area contributed by atoms with Gasteiger partial charge in [-0.1, -0.05) is 119 Å². The van der Waals surface area contributed by atoms with Gasteiger partial charge in [0.05, 0.1) is 12.2 Å². The number of allylic oxidation sites excluding steroid dienone is 5. The van der Waals surface area contributed by atoms with Crippen molar-refractivity contribution in [2.75, 3.05) is 6.61 Å². The number of benzene rings is 2. The van der Waals surface area contributed by atoms with E-state index in [1.807, 2.05) is 49.4 Å². The third-order valence-corrected chi connectivity index (χ3v) is 6.33. The zero-order valence-corrected chi connectivity index (χ0v) is 23.2. The molecule has 0 heterocycles. The van der Waals surface area contributed by atoms with Crippen molar-refractivity contribution in [2.24, 2.45) is 0 Å². The van der Waals surface area contributed by atoms with E-state index >= 15 is 0 Å². The van der Waals surface area contributed by atoms with Crippen LogP contribution in [0.25, 0.3) is 11.1 Å². The Morgan fingerprint density at radius 2 is 1.46 bits per heavy atom. The number of carbonyl (C=O) groups excluding carboxylic acids is 1. The SMILES string of the molecule is C=C(C#C/C(=C\C/C(=C\CCCCC)c1ccc(C(=O)OCC)cc1)CCCCCC)c1ccccc1. The van der Waals surface area contributed by atoms with Crippen LogP contribution in [0.5, 0.6) is 0 Å². The molecule has 0 spiro atoms. The maximum absolute atomic E-state index is 12.1. The van der Waals surface area contributed by atoms with Crippen molar-refractivity contribution in [1.29, 1.82) is 0 Å². The summed E-state index contributed by atoms with van der Waals surface area (Å²) in [5.74, 6) is 6.48. The van der Waals surface area contributed by atoms with Crippen molar-refractivity contribution >= 4 is 17.1 Å². The fraction of sp³-hybridized carbons (Fsp3) is 0.400. The summed E-state index contributed by atoms with van der Waals surface area (Å²) < 4.78 is 5.15. The van der Waals surface area contributed by atoms with Crippen molar-refractivity contribution in [2.45, 2.75) is 85.0 Å². The second kappa shape index (κ2) is 18.0. The van der Waals surface area contributed by atoms with Crippen LogP contribution in [0.2, 0.25) is 0 Å². The first-order valence-corrected chi connectivity index (χ1v) is 14.0. The molecule has 2 nitrogen and oxygen atoms in total. The molecule has 0 radical (unpaired) electrons. The molecular weight excluding hydrogens is 452 g/mol. The van der Waals surface area contributed by atoms with Gasteiger partial charge in [-0.15, -0.1) is 0 Å². The molecular formula is C35H44O2. The molecule has 2 heteroatoms. The summed E-state index contributed by atoms with van der Waals surface area (Å²) >= 11 is 0. The zero-order valence-electron chi connectivity index (χ0n) is 23.2. The Balaban J connectivity index is 2.26. The van der Waals surface area contributed by atoms with Crippen molar-refractivity contribution in [1.82, 2.24) is 0 Å².